The molecule has 4 rings (SSSR count). The van der Waals surface area contributed by atoms with Crippen molar-refractivity contribution in [3.05, 3.63) is 87.9 Å². The molecule has 0 saturated heterocycles. The Morgan fingerprint density at radius 3 is 2.74 bits per heavy atom. The molecule has 1 unspecified atom stereocenters. The van der Waals surface area contributed by atoms with Gasteiger partial charge in [-0.2, -0.15) is 0 Å². The van der Waals surface area contributed by atoms with Crippen molar-refractivity contribution in [2.45, 2.75) is 25.6 Å². The molecule has 136 valence electrons. The van der Waals surface area contributed by atoms with Gasteiger partial charge in [0.15, 0.2) is 0 Å². The SMILES string of the molecule is O=C(CC(c1cccs1)N1Cc2ccccc2C1=O)NCc1ccccn1. The number of pyridine rings is 1. The maximum atomic E-state index is 12.9. The Morgan fingerprint density at radius 2 is 2.00 bits per heavy atom. The van der Waals surface area contributed by atoms with E-state index in [1.807, 2.05) is 60.0 Å². The second kappa shape index (κ2) is 7.72. The molecule has 0 radical (unpaired) electrons. The van der Waals surface area contributed by atoms with Crippen LogP contribution in [0.3, 0.4) is 0 Å². The lowest BCUT2D eigenvalue weighted by Crippen LogP contribution is -2.33. The van der Waals surface area contributed by atoms with Gasteiger partial charge in [0.05, 0.1) is 24.7 Å². The zero-order chi connectivity index (χ0) is 18.6. The van der Waals surface area contributed by atoms with E-state index in [1.54, 1.807) is 22.4 Å². The van der Waals surface area contributed by atoms with Crippen LogP contribution in [-0.2, 0) is 17.9 Å². The van der Waals surface area contributed by atoms with Gasteiger partial charge in [-0.05, 0) is 35.2 Å². The van der Waals surface area contributed by atoms with Gasteiger partial charge in [0.1, 0.15) is 0 Å². The first-order valence-corrected chi connectivity index (χ1v) is 9.69. The Kier molecular flexibility index (Phi) is 4.98. The summed E-state index contributed by atoms with van der Waals surface area (Å²) in [5.74, 6) is -0.107. The molecule has 27 heavy (non-hydrogen) atoms. The molecule has 0 bridgehead atoms. The minimum absolute atomic E-state index is 0.0125. The lowest BCUT2D eigenvalue weighted by atomic mass is 10.1. The minimum atomic E-state index is -0.270. The summed E-state index contributed by atoms with van der Waals surface area (Å²) in [4.78, 5) is 32.5. The molecule has 0 aliphatic carbocycles. The van der Waals surface area contributed by atoms with Gasteiger partial charge in [-0.25, -0.2) is 0 Å². The Bertz CT molecular complexity index is 941. The van der Waals surface area contributed by atoms with Crippen LogP contribution in [-0.4, -0.2) is 21.7 Å². The average molecular weight is 377 g/mol. The summed E-state index contributed by atoms with van der Waals surface area (Å²) in [6.07, 6.45) is 1.93. The Labute approximate surface area is 161 Å². The summed E-state index contributed by atoms with van der Waals surface area (Å²) >= 11 is 1.57. The Morgan fingerprint density at radius 1 is 1.15 bits per heavy atom. The second-order valence-electron chi connectivity index (χ2n) is 6.42. The smallest absolute Gasteiger partial charge is 0.255 e. The van der Waals surface area contributed by atoms with E-state index in [1.165, 1.54) is 0 Å². The number of nitrogens with one attached hydrogen (secondary N) is 1. The molecule has 1 aliphatic rings. The predicted octanol–water partition coefficient (Wildman–Crippen LogP) is 3.55. The van der Waals surface area contributed by atoms with E-state index >= 15 is 0 Å². The third kappa shape index (κ3) is 3.75. The molecular formula is C21H19N3O2S. The van der Waals surface area contributed by atoms with Crippen molar-refractivity contribution in [1.82, 2.24) is 15.2 Å². The van der Waals surface area contributed by atoms with E-state index in [0.29, 0.717) is 13.1 Å². The minimum Gasteiger partial charge on any atom is -0.350 e. The predicted molar refractivity (Wildman–Crippen MR) is 104 cm³/mol. The summed E-state index contributed by atoms with van der Waals surface area (Å²) in [7, 11) is 0. The fourth-order valence-electron chi connectivity index (χ4n) is 3.31. The molecule has 2 amide bonds. The van der Waals surface area contributed by atoms with Crippen LogP contribution < -0.4 is 5.32 Å². The summed E-state index contributed by atoms with van der Waals surface area (Å²) in [5, 5.41) is 4.89. The molecular weight excluding hydrogens is 358 g/mol. The molecule has 1 N–H and O–H groups in total. The quantitative estimate of drug-likeness (QED) is 0.715. The van der Waals surface area contributed by atoms with E-state index in [-0.39, 0.29) is 24.3 Å². The van der Waals surface area contributed by atoms with E-state index in [0.717, 1.165) is 21.7 Å². The van der Waals surface area contributed by atoms with Crippen molar-refractivity contribution in [3.63, 3.8) is 0 Å². The number of hydrogen-bond acceptors (Lipinski definition) is 4. The molecule has 0 fully saturated rings. The fraction of sp³-hybridized carbons (Fsp3) is 0.190. The number of hydrogen-bond donors (Lipinski definition) is 1. The highest BCUT2D eigenvalue weighted by Crippen LogP contribution is 2.35. The van der Waals surface area contributed by atoms with Gasteiger partial charge in [-0.1, -0.05) is 30.3 Å². The lowest BCUT2D eigenvalue weighted by molar-refractivity contribution is -0.122. The van der Waals surface area contributed by atoms with Gasteiger partial charge in [0, 0.05) is 23.2 Å². The monoisotopic (exact) mass is 377 g/mol. The maximum absolute atomic E-state index is 12.9. The zero-order valence-electron chi connectivity index (χ0n) is 14.7. The third-order valence-electron chi connectivity index (χ3n) is 4.67. The van der Waals surface area contributed by atoms with Gasteiger partial charge in [-0.15, -0.1) is 11.3 Å². The Balaban J connectivity index is 1.49. The van der Waals surface area contributed by atoms with Crippen molar-refractivity contribution in [2.75, 3.05) is 0 Å². The van der Waals surface area contributed by atoms with Crippen LogP contribution in [0.5, 0.6) is 0 Å². The average Bonchev–Trinajstić information content (AvgIpc) is 3.34. The van der Waals surface area contributed by atoms with Crippen LogP contribution in [0.15, 0.2) is 66.2 Å². The number of fused-ring (bicyclic) bond motifs is 1. The normalized spacial score (nSPS) is 14.1. The van der Waals surface area contributed by atoms with Crippen LogP contribution in [0.1, 0.15) is 39.0 Å². The van der Waals surface area contributed by atoms with Crippen LogP contribution >= 0.6 is 11.3 Å². The summed E-state index contributed by atoms with van der Waals surface area (Å²) in [5.41, 5.74) is 2.55. The van der Waals surface area contributed by atoms with Gasteiger partial charge < -0.3 is 10.2 Å². The number of aromatic nitrogens is 1. The number of carbonyl (C=O) groups excluding carboxylic acids is 2. The summed E-state index contributed by atoms with van der Waals surface area (Å²) < 4.78 is 0. The third-order valence-corrected chi connectivity index (χ3v) is 5.64. The van der Waals surface area contributed by atoms with Gasteiger partial charge in [0.25, 0.3) is 5.91 Å². The van der Waals surface area contributed by atoms with Crippen molar-refractivity contribution in [2.24, 2.45) is 0 Å². The van der Waals surface area contributed by atoms with Gasteiger partial charge in [0.2, 0.25) is 5.91 Å². The lowest BCUT2D eigenvalue weighted by Gasteiger charge is -2.26. The summed E-state index contributed by atoms with van der Waals surface area (Å²) in [6, 6.07) is 16.9. The zero-order valence-corrected chi connectivity index (χ0v) is 15.5. The first kappa shape index (κ1) is 17.4. The largest absolute Gasteiger partial charge is 0.350 e. The number of carbonyl (C=O) groups is 2. The molecule has 6 heteroatoms. The van der Waals surface area contributed by atoms with E-state index in [2.05, 4.69) is 10.3 Å². The van der Waals surface area contributed by atoms with Crippen molar-refractivity contribution in [3.8, 4) is 0 Å². The fourth-order valence-corrected chi connectivity index (χ4v) is 4.15. The molecule has 1 aromatic carbocycles. The van der Waals surface area contributed by atoms with Crippen molar-refractivity contribution < 1.29 is 9.59 Å². The first-order valence-electron chi connectivity index (χ1n) is 8.81. The molecule has 5 nitrogen and oxygen atoms in total. The van der Waals surface area contributed by atoms with Crippen LogP contribution in [0, 0.1) is 0 Å². The summed E-state index contributed by atoms with van der Waals surface area (Å²) in [6.45, 7) is 0.913. The maximum Gasteiger partial charge on any atom is 0.255 e. The Hall–Kier alpha value is -2.99. The number of nitrogens with zero attached hydrogens (tertiary/aromatic N) is 2. The topological polar surface area (TPSA) is 62.3 Å². The van der Waals surface area contributed by atoms with Crippen LogP contribution in [0.4, 0.5) is 0 Å². The molecule has 2 aromatic heterocycles. The van der Waals surface area contributed by atoms with Crippen molar-refractivity contribution in [1.29, 1.82) is 0 Å². The number of amides is 2. The van der Waals surface area contributed by atoms with Crippen molar-refractivity contribution >= 4 is 23.2 Å². The van der Waals surface area contributed by atoms with Gasteiger partial charge in [-0.3, -0.25) is 14.6 Å². The highest BCUT2D eigenvalue weighted by Gasteiger charge is 2.34. The van der Waals surface area contributed by atoms with E-state index < -0.39 is 0 Å². The van der Waals surface area contributed by atoms with E-state index in [9.17, 15) is 9.59 Å². The number of benzene rings is 1. The highest BCUT2D eigenvalue weighted by molar-refractivity contribution is 7.10. The number of thiophene rings is 1. The van der Waals surface area contributed by atoms with Crippen LogP contribution in [0.2, 0.25) is 0 Å². The molecule has 0 spiro atoms. The van der Waals surface area contributed by atoms with Crippen LogP contribution in [0.25, 0.3) is 0 Å². The molecule has 3 heterocycles. The molecule has 1 aliphatic heterocycles. The highest BCUT2D eigenvalue weighted by atomic mass is 32.1. The van der Waals surface area contributed by atoms with Gasteiger partial charge >= 0.3 is 0 Å². The molecule has 3 aromatic rings. The number of rotatable bonds is 6. The molecule has 0 saturated carbocycles. The standard InChI is InChI=1S/C21H19N3O2S/c25-20(23-13-16-7-3-4-10-22-16)12-18(19-9-5-11-27-19)24-14-15-6-1-2-8-17(15)21(24)26/h1-11,18H,12-14H2,(H,23,25). The van der Waals surface area contributed by atoms with E-state index in [4.69, 9.17) is 0 Å². The second-order valence-corrected chi connectivity index (χ2v) is 7.40. The molecule has 1 atom stereocenters. The first-order chi connectivity index (χ1) is 13.2.